The molecule has 0 aliphatic heterocycles. The Bertz CT molecular complexity index is 580. The van der Waals surface area contributed by atoms with Gasteiger partial charge in [0, 0.05) is 22.6 Å². The summed E-state index contributed by atoms with van der Waals surface area (Å²) in [6, 6.07) is 9.78. The second-order valence-corrected chi connectivity index (χ2v) is 5.15. The third kappa shape index (κ3) is 3.45. The first-order valence-electron chi connectivity index (χ1n) is 5.86. The minimum absolute atomic E-state index is 0.00561. The lowest BCUT2D eigenvalue weighted by Gasteiger charge is -2.14. The summed E-state index contributed by atoms with van der Waals surface area (Å²) in [6.07, 6.45) is 1.39. The summed E-state index contributed by atoms with van der Waals surface area (Å²) in [7, 11) is 0. The van der Waals surface area contributed by atoms with E-state index in [-0.39, 0.29) is 11.8 Å². The molecule has 0 saturated carbocycles. The molecule has 5 heteroatoms. The van der Waals surface area contributed by atoms with Crippen LogP contribution in [-0.2, 0) is 6.54 Å². The van der Waals surface area contributed by atoms with Gasteiger partial charge in [0.15, 0.2) is 0 Å². The van der Waals surface area contributed by atoms with Crippen LogP contribution in [0.5, 0.6) is 0 Å². The van der Waals surface area contributed by atoms with E-state index in [1.165, 1.54) is 6.26 Å². The molecule has 0 aliphatic rings. The van der Waals surface area contributed by atoms with Gasteiger partial charge in [0.25, 0.3) is 0 Å². The lowest BCUT2D eigenvalue weighted by Crippen LogP contribution is -2.19. The van der Waals surface area contributed by atoms with Crippen LogP contribution in [0.1, 0.15) is 34.6 Å². The predicted octanol–water partition coefficient (Wildman–Crippen LogP) is 3.59. The van der Waals surface area contributed by atoms with E-state index in [1.807, 2.05) is 31.2 Å². The zero-order chi connectivity index (χ0) is 13.8. The Morgan fingerprint density at radius 1 is 1.47 bits per heavy atom. The molecule has 0 amide bonds. The van der Waals surface area contributed by atoms with Gasteiger partial charge in [-0.3, -0.25) is 0 Å². The van der Waals surface area contributed by atoms with Crippen molar-refractivity contribution in [2.75, 3.05) is 0 Å². The van der Waals surface area contributed by atoms with Gasteiger partial charge in [-0.05, 0) is 30.7 Å². The first-order chi connectivity index (χ1) is 9.08. The topological polar surface area (TPSA) is 62.5 Å². The number of carboxylic acid groups (broad SMARTS) is 1. The van der Waals surface area contributed by atoms with Crippen molar-refractivity contribution in [3.05, 3.63) is 58.0 Å². The number of hydrogen-bond donors (Lipinski definition) is 2. The molecule has 0 spiro atoms. The van der Waals surface area contributed by atoms with Crippen molar-refractivity contribution in [1.82, 2.24) is 5.32 Å². The number of nitrogens with one attached hydrogen (secondary N) is 1. The van der Waals surface area contributed by atoms with Crippen LogP contribution in [0.25, 0.3) is 0 Å². The summed E-state index contributed by atoms with van der Waals surface area (Å²) in [5.41, 5.74) is 1.78. The van der Waals surface area contributed by atoms with Gasteiger partial charge in [0.05, 0.1) is 6.26 Å². The summed E-state index contributed by atoms with van der Waals surface area (Å²) >= 11 is 3.43. The molecule has 1 heterocycles. The van der Waals surface area contributed by atoms with Gasteiger partial charge in [-0.2, -0.15) is 0 Å². The molecule has 0 bridgehead atoms. The number of aromatic carboxylic acids is 1. The SMILES string of the molecule is C[C@@H](NCc1ccoc1C(=O)O)c1cccc(Br)c1. The molecule has 0 radical (unpaired) electrons. The quantitative estimate of drug-likeness (QED) is 0.882. The van der Waals surface area contributed by atoms with E-state index in [2.05, 4.69) is 21.2 Å². The monoisotopic (exact) mass is 323 g/mol. The molecule has 0 fully saturated rings. The Kier molecular flexibility index (Phi) is 4.39. The van der Waals surface area contributed by atoms with Crippen LogP contribution in [0.2, 0.25) is 0 Å². The average Bonchev–Trinajstić information content (AvgIpc) is 2.84. The molecule has 19 heavy (non-hydrogen) atoms. The summed E-state index contributed by atoms with van der Waals surface area (Å²) in [5.74, 6) is -1.05. The Hall–Kier alpha value is -1.59. The number of carbonyl (C=O) groups is 1. The van der Waals surface area contributed by atoms with Crippen molar-refractivity contribution in [1.29, 1.82) is 0 Å². The van der Waals surface area contributed by atoms with Crippen LogP contribution in [0, 0.1) is 0 Å². The number of halogens is 1. The molecule has 2 rings (SSSR count). The Morgan fingerprint density at radius 3 is 2.95 bits per heavy atom. The van der Waals surface area contributed by atoms with Crippen LogP contribution in [0.15, 0.2) is 45.5 Å². The van der Waals surface area contributed by atoms with Crippen molar-refractivity contribution in [3.63, 3.8) is 0 Å². The Balaban J connectivity index is 2.02. The van der Waals surface area contributed by atoms with Gasteiger partial charge in [-0.1, -0.05) is 28.1 Å². The molecule has 100 valence electrons. The summed E-state index contributed by atoms with van der Waals surface area (Å²) in [5, 5.41) is 12.2. The highest BCUT2D eigenvalue weighted by atomic mass is 79.9. The lowest BCUT2D eigenvalue weighted by molar-refractivity contribution is 0.0660. The summed E-state index contributed by atoms with van der Waals surface area (Å²) in [6.45, 7) is 2.48. The van der Waals surface area contributed by atoms with Gasteiger partial charge in [-0.15, -0.1) is 0 Å². The van der Waals surface area contributed by atoms with Gasteiger partial charge in [0.1, 0.15) is 0 Å². The normalized spacial score (nSPS) is 12.3. The highest BCUT2D eigenvalue weighted by Crippen LogP contribution is 2.19. The molecule has 0 aliphatic carbocycles. The van der Waals surface area contributed by atoms with E-state index in [4.69, 9.17) is 9.52 Å². The first-order valence-corrected chi connectivity index (χ1v) is 6.65. The van der Waals surface area contributed by atoms with Crippen molar-refractivity contribution in [2.24, 2.45) is 0 Å². The maximum atomic E-state index is 10.9. The summed E-state index contributed by atoms with van der Waals surface area (Å²) in [4.78, 5) is 10.9. The number of hydrogen-bond acceptors (Lipinski definition) is 3. The van der Waals surface area contributed by atoms with Crippen LogP contribution in [0.4, 0.5) is 0 Å². The third-order valence-corrected chi connectivity index (χ3v) is 3.38. The highest BCUT2D eigenvalue weighted by Gasteiger charge is 2.14. The number of carboxylic acids is 1. The number of rotatable bonds is 5. The van der Waals surface area contributed by atoms with Crippen molar-refractivity contribution in [3.8, 4) is 0 Å². The van der Waals surface area contributed by atoms with E-state index >= 15 is 0 Å². The molecule has 1 atom stereocenters. The van der Waals surface area contributed by atoms with Gasteiger partial charge in [-0.25, -0.2) is 4.79 Å². The zero-order valence-corrected chi connectivity index (χ0v) is 12.0. The minimum Gasteiger partial charge on any atom is -0.475 e. The van der Waals surface area contributed by atoms with Gasteiger partial charge < -0.3 is 14.8 Å². The van der Waals surface area contributed by atoms with E-state index in [9.17, 15) is 4.79 Å². The third-order valence-electron chi connectivity index (χ3n) is 2.89. The van der Waals surface area contributed by atoms with Crippen LogP contribution in [0.3, 0.4) is 0 Å². The maximum absolute atomic E-state index is 10.9. The molecule has 4 nitrogen and oxygen atoms in total. The number of furan rings is 1. The number of benzene rings is 1. The molecule has 2 N–H and O–H groups in total. The van der Waals surface area contributed by atoms with Crippen LogP contribution >= 0.6 is 15.9 Å². The fraction of sp³-hybridized carbons (Fsp3) is 0.214. The van der Waals surface area contributed by atoms with Crippen molar-refractivity contribution in [2.45, 2.75) is 19.5 Å². The summed E-state index contributed by atoms with van der Waals surface area (Å²) < 4.78 is 5.96. The average molecular weight is 324 g/mol. The fourth-order valence-corrected chi connectivity index (χ4v) is 2.24. The lowest BCUT2D eigenvalue weighted by atomic mass is 10.1. The van der Waals surface area contributed by atoms with Crippen LogP contribution in [-0.4, -0.2) is 11.1 Å². The standard InChI is InChI=1S/C14H14BrNO3/c1-9(10-3-2-4-12(15)7-10)16-8-11-5-6-19-13(11)14(17)18/h2-7,9,16H,8H2,1H3,(H,17,18)/t9-/m1/s1. The van der Waals surface area contributed by atoms with E-state index < -0.39 is 5.97 Å². The maximum Gasteiger partial charge on any atom is 0.372 e. The molecule has 1 aromatic heterocycles. The fourth-order valence-electron chi connectivity index (χ4n) is 1.82. The van der Waals surface area contributed by atoms with Gasteiger partial charge >= 0.3 is 5.97 Å². The molecular weight excluding hydrogens is 310 g/mol. The molecular formula is C14H14BrNO3. The Morgan fingerprint density at radius 2 is 2.26 bits per heavy atom. The second-order valence-electron chi connectivity index (χ2n) is 4.24. The molecule has 1 aromatic carbocycles. The predicted molar refractivity (Wildman–Crippen MR) is 75.1 cm³/mol. The van der Waals surface area contributed by atoms with E-state index in [1.54, 1.807) is 6.07 Å². The van der Waals surface area contributed by atoms with E-state index in [0.717, 1.165) is 10.0 Å². The van der Waals surface area contributed by atoms with Gasteiger partial charge in [0.2, 0.25) is 5.76 Å². The van der Waals surface area contributed by atoms with Crippen molar-refractivity contribution >= 4 is 21.9 Å². The molecule has 2 aromatic rings. The zero-order valence-electron chi connectivity index (χ0n) is 10.4. The molecule has 0 unspecified atom stereocenters. The molecule has 0 saturated heterocycles. The smallest absolute Gasteiger partial charge is 0.372 e. The highest BCUT2D eigenvalue weighted by molar-refractivity contribution is 9.10. The largest absolute Gasteiger partial charge is 0.475 e. The second kappa shape index (κ2) is 6.04. The Labute approximate surface area is 119 Å². The first kappa shape index (κ1) is 13.8. The van der Waals surface area contributed by atoms with Crippen LogP contribution < -0.4 is 5.32 Å². The van der Waals surface area contributed by atoms with E-state index in [0.29, 0.717) is 12.1 Å². The minimum atomic E-state index is -1.04. The van der Waals surface area contributed by atoms with Crippen molar-refractivity contribution < 1.29 is 14.3 Å².